The van der Waals surface area contributed by atoms with E-state index in [-0.39, 0.29) is 6.61 Å². The molecular weight excluding hydrogens is 375 g/mol. The van der Waals surface area contributed by atoms with Gasteiger partial charge < -0.3 is 9.84 Å². The molecule has 0 atom stereocenters. The van der Waals surface area contributed by atoms with Gasteiger partial charge in [0.1, 0.15) is 10.5 Å². The van der Waals surface area contributed by atoms with Crippen LogP contribution in [-0.4, -0.2) is 27.4 Å². The van der Waals surface area contributed by atoms with Crippen molar-refractivity contribution in [3.63, 3.8) is 0 Å². The smallest absolute Gasteiger partial charge is 0.416 e. The van der Waals surface area contributed by atoms with Gasteiger partial charge in [-0.05, 0) is 38.1 Å². The summed E-state index contributed by atoms with van der Waals surface area (Å²) in [6, 6.07) is 4.50. The van der Waals surface area contributed by atoms with Gasteiger partial charge in [0.2, 0.25) is 0 Å². The summed E-state index contributed by atoms with van der Waals surface area (Å²) in [4.78, 5) is 15.5. The summed E-state index contributed by atoms with van der Waals surface area (Å²) in [6.07, 6.45) is -3.89. The zero-order valence-corrected chi connectivity index (χ0v) is 15.1. The molecule has 136 valence electrons. The maximum absolute atomic E-state index is 12.5. The van der Waals surface area contributed by atoms with Crippen LogP contribution in [0.5, 0.6) is 5.75 Å². The lowest BCUT2D eigenvalue weighted by atomic mass is 10.2. The summed E-state index contributed by atoms with van der Waals surface area (Å²) >= 11 is 2.52. The zero-order chi connectivity index (χ0) is 18.7. The van der Waals surface area contributed by atoms with E-state index in [2.05, 4.69) is 4.98 Å². The number of halogens is 3. The molecule has 0 fully saturated rings. The maximum atomic E-state index is 12.5. The van der Waals surface area contributed by atoms with Crippen LogP contribution in [0.4, 0.5) is 13.2 Å². The Balaban J connectivity index is 1.85. The molecule has 0 aliphatic carbocycles. The molecule has 1 aromatic carbocycles. The zero-order valence-electron chi connectivity index (χ0n) is 13.5. The number of aliphatic carboxylic acids is 1. The van der Waals surface area contributed by atoms with Gasteiger partial charge in [0, 0.05) is 11.8 Å². The number of hydrogen-bond donors (Lipinski definition) is 1. The van der Waals surface area contributed by atoms with Gasteiger partial charge in [-0.25, -0.2) is 4.98 Å². The van der Waals surface area contributed by atoms with Gasteiger partial charge in [0.25, 0.3) is 0 Å². The molecule has 0 unspecified atom stereocenters. The van der Waals surface area contributed by atoms with Crippen LogP contribution in [0, 0.1) is 0 Å². The number of aromatic nitrogens is 1. The minimum absolute atomic E-state index is 0.265. The van der Waals surface area contributed by atoms with Crippen molar-refractivity contribution in [2.45, 2.75) is 35.5 Å². The number of hydrogen-bond acceptors (Lipinski definition) is 5. The molecular formula is C16H16F3NO3S2. The summed E-state index contributed by atoms with van der Waals surface area (Å²) < 4.78 is 42.5. The monoisotopic (exact) mass is 391 g/mol. The van der Waals surface area contributed by atoms with Crippen molar-refractivity contribution in [1.29, 1.82) is 0 Å². The van der Waals surface area contributed by atoms with Crippen LogP contribution in [-0.2, 0) is 17.4 Å². The Kier molecular flexibility index (Phi) is 5.99. The number of carbonyl (C=O) groups is 1. The average molecular weight is 391 g/mol. The molecule has 0 spiro atoms. The molecule has 2 aromatic rings. The Labute approximate surface area is 151 Å². The van der Waals surface area contributed by atoms with Crippen molar-refractivity contribution in [3.05, 3.63) is 40.9 Å². The molecule has 4 nitrogen and oxygen atoms in total. The molecule has 0 aliphatic heterocycles. The number of nitrogens with zero attached hydrogens (tertiary/aromatic N) is 1. The average Bonchev–Trinajstić information content (AvgIpc) is 2.93. The Hall–Kier alpha value is -1.74. The topological polar surface area (TPSA) is 59.4 Å². The highest BCUT2D eigenvalue weighted by atomic mass is 32.2. The number of thioether (sulfide) groups is 1. The molecule has 9 heteroatoms. The highest BCUT2D eigenvalue weighted by Crippen LogP contribution is 2.34. The largest absolute Gasteiger partial charge is 0.493 e. The standard InChI is InChI=1S/C16H16F3NO3S2/c1-15(2,13(21)22)25-14-20-11(9-24-14)7-8-23-12-5-3-10(4-6-12)16(17,18)19/h3-6,9H,7-8H2,1-2H3,(H,21,22). The Morgan fingerprint density at radius 3 is 2.48 bits per heavy atom. The van der Waals surface area contributed by atoms with Crippen LogP contribution in [0.1, 0.15) is 25.1 Å². The highest BCUT2D eigenvalue weighted by molar-refractivity contribution is 8.02. The summed E-state index contributed by atoms with van der Waals surface area (Å²) in [6.45, 7) is 3.48. The Morgan fingerprint density at radius 1 is 1.28 bits per heavy atom. The second kappa shape index (κ2) is 7.65. The Morgan fingerprint density at radius 2 is 1.92 bits per heavy atom. The summed E-state index contributed by atoms with van der Waals surface area (Å²) in [7, 11) is 0. The van der Waals surface area contributed by atoms with Gasteiger partial charge in [0.15, 0.2) is 4.34 Å². The Bertz CT molecular complexity index is 727. The molecule has 1 aromatic heterocycles. The summed E-state index contributed by atoms with van der Waals surface area (Å²) in [5.41, 5.74) is 0.0302. The molecule has 2 rings (SSSR count). The molecule has 0 amide bonds. The molecule has 1 N–H and O–H groups in total. The van der Waals surface area contributed by atoms with Gasteiger partial charge in [-0.15, -0.1) is 11.3 Å². The van der Waals surface area contributed by atoms with E-state index in [4.69, 9.17) is 9.84 Å². The normalized spacial score (nSPS) is 12.2. The van der Waals surface area contributed by atoms with E-state index in [1.54, 1.807) is 13.8 Å². The third-order valence-corrected chi connectivity index (χ3v) is 5.37. The van der Waals surface area contributed by atoms with Crippen molar-refractivity contribution in [2.75, 3.05) is 6.61 Å². The summed E-state index contributed by atoms with van der Waals surface area (Å²) in [5.74, 6) is -0.565. The van der Waals surface area contributed by atoms with Gasteiger partial charge >= 0.3 is 12.1 Å². The van der Waals surface area contributed by atoms with Gasteiger partial charge in [-0.2, -0.15) is 13.2 Å². The maximum Gasteiger partial charge on any atom is 0.416 e. The lowest BCUT2D eigenvalue weighted by Crippen LogP contribution is -2.26. The number of alkyl halides is 3. The quantitative estimate of drug-likeness (QED) is 0.691. The molecule has 0 saturated carbocycles. The molecule has 0 aliphatic rings. The van der Waals surface area contributed by atoms with Crippen LogP contribution in [0.15, 0.2) is 34.0 Å². The molecule has 0 radical (unpaired) electrons. The first-order valence-corrected chi connectivity index (χ1v) is 8.94. The van der Waals surface area contributed by atoms with Crippen LogP contribution < -0.4 is 4.74 Å². The summed E-state index contributed by atoms with van der Waals surface area (Å²) in [5, 5.41) is 10.9. The van der Waals surface area contributed by atoms with Crippen LogP contribution in [0.2, 0.25) is 0 Å². The predicted octanol–water partition coefficient (Wildman–Crippen LogP) is 4.74. The first-order valence-electron chi connectivity index (χ1n) is 7.25. The van der Waals surface area contributed by atoms with E-state index < -0.39 is 22.5 Å². The van der Waals surface area contributed by atoms with Crippen molar-refractivity contribution in [1.82, 2.24) is 4.98 Å². The van der Waals surface area contributed by atoms with Crippen LogP contribution >= 0.6 is 23.1 Å². The highest BCUT2D eigenvalue weighted by Gasteiger charge is 2.30. The first kappa shape index (κ1) is 19.6. The van der Waals surface area contributed by atoms with Crippen molar-refractivity contribution >= 4 is 29.1 Å². The number of rotatable bonds is 7. The molecule has 1 heterocycles. The van der Waals surface area contributed by atoms with Crippen molar-refractivity contribution < 1.29 is 27.8 Å². The minimum Gasteiger partial charge on any atom is -0.493 e. The van der Waals surface area contributed by atoms with E-state index >= 15 is 0 Å². The van der Waals surface area contributed by atoms with E-state index in [1.165, 1.54) is 35.2 Å². The van der Waals surface area contributed by atoms with E-state index in [0.717, 1.165) is 17.8 Å². The third kappa shape index (κ3) is 5.64. The van der Waals surface area contributed by atoms with Crippen molar-refractivity contribution in [3.8, 4) is 5.75 Å². The number of thiazole rings is 1. The molecule has 0 bridgehead atoms. The second-order valence-corrected chi connectivity index (χ2v) is 8.37. The fraction of sp³-hybridized carbons (Fsp3) is 0.375. The van der Waals surface area contributed by atoms with E-state index in [0.29, 0.717) is 16.5 Å². The molecule has 0 saturated heterocycles. The number of carboxylic acids is 1. The van der Waals surface area contributed by atoms with E-state index in [1.807, 2.05) is 5.38 Å². The fourth-order valence-electron chi connectivity index (χ4n) is 1.73. The fourth-order valence-corrected chi connectivity index (χ4v) is 3.95. The van der Waals surface area contributed by atoms with E-state index in [9.17, 15) is 18.0 Å². The number of ether oxygens (including phenoxy) is 1. The molecule has 25 heavy (non-hydrogen) atoms. The minimum atomic E-state index is -4.36. The van der Waals surface area contributed by atoms with Gasteiger partial charge in [0.05, 0.1) is 17.9 Å². The van der Waals surface area contributed by atoms with Crippen LogP contribution in [0.25, 0.3) is 0 Å². The van der Waals surface area contributed by atoms with Gasteiger partial charge in [-0.3, -0.25) is 4.79 Å². The predicted molar refractivity (Wildman–Crippen MR) is 90.3 cm³/mol. The van der Waals surface area contributed by atoms with Crippen molar-refractivity contribution in [2.24, 2.45) is 0 Å². The lowest BCUT2D eigenvalue weighted by molar-refractivity contribution is -0.139. The first-order chi connectivity index (χ1) is 11.6. The second-order valence-electron chi connectivity index (χ2n) is 5.64. The number of benzene rings is 1. The number of carboxylic acid groups (broad SMARTS) is 1. The SMILES string of the molecule is CC(C)(Sc1nc(CCOc2ccc(C(F)(F)F)cc2)cs1)C(=O)O. The van der Waals surface area contributed by atoms with Crippen LogP contribution in [0.3, 0.4) is 0 Å². The third-order valence-electron chi connectivity index (χ3n) is 3.20. The van der Waals surface area contributed by atoms with Gasteiger partial charge in [-0.1, -0.05) is 11.8 Å². The lowest BCUT2D eigenvalue weighted by Gasteiger charge is -2.15.